The first kappa shape index (κ1) is 9.93. The van der Waals surface area contributed by atoms with Gasteiger partial charge in [0.1, 0.15) is 0 Å². The molecule has 0 saturated carbocycles. The number of benzene rings is 1. The normalized spacial score (nSPS) is 23.1. The summed E-state index contributed by atoms with van der Waals surface area (Å²) >= 11 is 1.64. The van der Waals surface area contributed by atoms with Gasteiger partial charge in [-0.2, -0.15) is 0 Å². The third-order valence-electron chi connectivity index (χ3n) is 2.82. The van der Waals surface area contributed by atoms with E-state index in [0.717, 1.165) is 10.9 Å². The molecule has 3 nitrogen and oxygen atoms in total. The fraction of sp³-hybridized carbons (Fsp3) is 0.250. The van der Waals surface area contributed by atoms with Crippen LogP contribution < -0.4 is 0 Å². The van der Waals surface area contributed by atoms with Gasteiger partial charge in [0.05, 0.1) is 24.9 Å². The summed E-state index contributed by atoms with van der Waals surface area (Å²) in [5.74, 6) is 0. The quantitative estimate of drug-likeness (QED) is 0.844. The Morgan fingerprint density at radius 3 is 2.94 bits per heavy atom. The monoisotopic (exact) mass is 232 g/mol. The summed E-state index contributed by atoms with van der Waals surface area (Å²) in [6, 6.07) is 10.3. The van der Waals surface area contributed by atoms with Crippen LogP contribution in [-0.4, -0.2) is 34.4 Å². The van der Waals surface area contributed by atoms with Crippen LogP contribution in [0.4, 0.5) is 0 Å². The highest BCUT2D eigenvalue weighted by atomic mass is 32.2. The number of nitrogens with zero attached hydrogens (tertiary/aromatic N) is 2. The second kappa shape index (κ2) is 3.96. The predicted octanol–water partition coefficient (Wildman–Crippen LogP) is 1.76. The summed E-state index contributed by atoms with van der Waals surface area (Å²) < 4.78 is 0. The van der Waals surface area contributed by atoms with Gasteiger partial charge < -0.3 is 10.0 Å². The van der Waals surface area contributed by atoms with Crippen molar-refractivity contribution in [3.63, 3.8) is 0 Å². The first-order valence-electron chi connectivity index (χ1n) is 5.27. The summed E-state index contributed by atoms with van der Waals surface area (Å²) in [4.78, 5) is 6.56. The van der Waals surface area contributed by atoms with Crippen LogP contribution in [0.1, 0.15) is 5.56 Å². The first-order chi connectivity index (χ1) is 7.90. The molecule has 1 atom stereocenters. The molecule has 1 aromatic rings. The highest BCUT2D eigenvalue weighted by Gasteiger charge is 2.34. The van der Waals surface area contributed by atoms with Crippen LogP contribution >= 0.6 is 11.8 Å². The Kier molecular flexibility index (Phi) is 2.46. The van der Waals surface area contributed by atoms with Crippen molar-refractivity contribution in [2.75, 3.05) is 13.2 Å². The third kappa shape index (κ3) is 1.45. The summed E-state index contributed by atoms with van der Waals surface area (Å²) in [7, 11) is 0. The molecule has 0 unspecified atom stereocenters. The molecule has 16 heavy (non-hydrogen) atoms. The van der Waals surface area contributed by atoms with Crippen LogP contribution in [0, 0.1) is 0 Å². The zero-order chi connectivity index (χ0) is 11.0. The van der Waals surface area contributed by atoms with Gasteiger partial charge in [0.2, 0.25) is 0 Å². The van der Waals surface area contributed by atoms with E-state index in [1.165, 1.54) is 5.56 Å². The molecule has 0 saturated heterocycles. The average Bonchev–Trinajstić information content (AvgIpc) is 2.90. The molecule has 2 aliphatic rings. The number of amidine groups is 1. The van der Waals surface area contributed by atoms with Crippen LogP contribution in [-0.2, 0) is 0 Å². The minimum Gasteiger partial charge on any atom is -0.394 e. The Balaban J connectivity index is 1.95. The maximum atomic E-state index is 9.33. The fourth-order valence-corrected chi connectivity index (χ4v) is 2.99. The summed E-state index contributed by atoms with van der Waals surface area (Å²) in [5.41, 5.74) is 2.33. The third-order valence-corrected chi connectivity index (χ3v) is 3.70. The van der Waals surface area contributed by atoms with Crippen LogP contribution in [0.15, 0.2) is 40.7 Å². The number of hydrogen-bond donors (Lipinski definition) is 1. The van der Waals surface area contributed by atoms with Gasteiger partial charge in [-0.1, -0.05) is 42.1 Å². The summed E-state index contributed by atoms with van der Waals surface area (Å²) in [6.07, 6.45) is 0. The number of rotatable bonds is 2. The van der Waals surface area contributed by atoms with E-state index < -0.39 is 0 Å². The molecule has 0 radical (unpaired) electrons. The fourth-order valence-electron chi connectivity index (χ4n) is 2.01. The molecule has 2 aliphatic heterocycles. The molecule has 1 N–H and O–H groups in total. The number of hydrogen-bond acceptors (Lipinski definition) is 4. The molecule has 0 aromatic heterocycles. The van der Waals surface area contributed by atoms with Gasteiger partial charge in [-0.3, -0.25) is 4.99 Å². The summed E-state index contributed by atoms with van der Waals surface area (Å²) in [5, 5.41) is 12.4. The molecular formula is C12H12N2OS. The minimum atomic E-state index is 0.108. The zero-order valence-corrected chi connectivity index (χ0v) is 9.52. The minimum absolute atomic E-state index is 0.108. The lowest BCUT2D eigenvalue weighted by atomic mass is 10.1. The highest BCUT2D eigenvalue weighted by Crippen LogP contribution is 2.37. The Morgan fingerprint density at radius 1 is 1.38 bits per heavy atom. The molecule has 0 fully saturated rings. The molecule has 0 spiro atoms. The molecule has 1 aromatic carbocycles. The van der Waals surface area contributed by atoms with Gasteiger partial charge in [0.15, 0.2) is 5.17 Å². The number of aliphatic hydroxyl groups is 1. The van der Waals surface area contributed by atoms with Gasteiger partial charge >= 0.3 is 0 Å². The zero-order valence-electron chi connectivity index (χ0n) is 8.71. The second-order valence-corrected chi connectivity index (χ2v) is 4.65. The molecule has 0 amide bonds. The van der Waals surface area contributed by atoms with E-state index in [-0.39, 0.29) is 12.6 Å². The van der Waals surface area contributed by atoms with E-state index in [1.807, 2.05) is 18.2 Å². The standard InChI is InChI=1S/C12H12N2OS/c15-7-10-6-13-12-14(10)11(8-16-12)9-4-2-1-3-5-9/h1-5,8,10,15H,6-7H2/t10-/m0/s1. The Labute approximate surface area is 98.5 Å². The van der Waals surface area contributed by atoms with Gasteiger partial charge in [0, 0.05) is 5.41 Å². The van der Waals surface area contributed by atoms with E-state index in [4.69, 9.17) is 0 Å². The van der Waals surface area contributed by atoms with Crippen molar-refractivity contribution in [2.45, 2.75) is 6.04 Å². The van der Waals surface area contributed by atoms with E-state index in [0.29, 0.717) is 6.54 Å². The van der Waals surface area contributed by atoms with E-state index in [1.54, 1.807) is 11.8 Å². The van der Waals surface area contributed by atoms with Crippen molar-refractivity contribution >= 4 is 22.6 Å². The average molecular weight is 232 g/mol. The van der Waals surface area contributed by atoms with Crippen molar-refractivity contribution in [3.8, 4) is 0 Å². The van der Waals surface area contributed by atoms with Crippen molar-refractivity contribution in [1.29, 1.82) is 0 Å². The van der Waals surface area contributed by atoms with Crippen LogP contribution in [0.25, 0.3) is 5.70 Å². The highest BCUT2D eigenvalue weighted by molar-refractivity contribution is 8.16. The maximum absolute atomic E-state index is 9.33. The lowest BCUT2D eigenvalue weighted by Gasteiger charge is -2.24. The SMILES string of the molecule is OC[C@@H]1CN=C2SC=C(c3ccccc3)N21. The van der Waals surface area contributed by atoms with E-state index in [2.05, 4.69) is 27.4 Å². The number of thioether (sulfide) groups is 1. The number of aliphatic hydroxyl groups excluding tert-OH is 1. The summed E-state index contributed by atoms with van der Waals surface area (Å²) in [6.45, 7) is 0.848. The van der Waals surface area contributed by atoms with E-state index >= 15 is 0 Å². The van der Waals surface area contributed by atoms with Gasteiger partial charge in [-0.05, 0) is 5.56 Å². The van der Waals surface area contributed by atoms with Crippen LogP contribution in [0.2, 0.25) is 0 Å². The largest absolute Gasteiger partial charge is 0.394 e. The van der Waals surface area contributed by atoms with Gasteiger partial charge in [-0.25, -0.2) is 0 Å². The Bertz CT molecular complexity index is 455. The van der Waals surface area contributed by atoms with Crippen LogP contribution in [0.3, 0.4) is 0 Å². The number of aliphatic imine (C=N–C) groups is 1. The molecule has 0 aliphatic carbocycles. The Hall–Kier alpha value is -1.26. The molecule has 3 rings (SSSR count). The maximum Gasteiger partial charge on any atom is 0.168 e. The van der Waals surface area contributed by atoms with Gasteiger partial charge in [-0.15, -0.1) is 0 Å². The van der Waals surface area contributed by atoms with Gasteiger partial charge in [0.25, 0.3) is 0 Å². The second-order valence-electron chi connectivity index (χ2n) is 3.82. The molecule has 82 valence electrons. The number of fused-ring (bicyclic) bond motifs is 1. The van der Waals surface area contributed by atoms with Crippen molar-refractivity contribution < 1.29 is 5.11 Å². The van der Waals surface area contributed by atoms with Crippen molar-refractivity contribution in [1.82, 2.24) is 4.90 Å². The lowest BCUT2D eigenvalue weighted by molar-refractivity contribution is 0.227. The van der Waals surface area contributed by atoms with Crippen LogP contribution in [0.5, 0.6) is 0 Å². The Morgan fingerprint density at radius 2 is 2.19 bits per heavy atom. The topological polar surface area (TPSA) is 35.8 Å². The molecule has 4 heteroatoms. The van der Waals surface area contributed by atoms with E-state index in [9.17, 15) is 5.11 Å². The predicted molar refractivity (Wildman–Crippen MR) is 67.0 cm³/mol. The lowest BCUT2D eigenvalue weighted by Crippen LogP contribution is -2.34. The smallest absolute Gasteiger partial charge is 0.168 e. The molecule has 0 bridgehead atoms. The van der Waals surface area contributed by atoms with Crippen molar-refractivity contribution in [3.05, 3.63) is 41.3 Å². The first-order valence-corrected chi connectivity index (χ1v) is 6.15. The van der Waals surface area contributed by atoms with Crippen molar-refractivity contribution in [2.24, 2.45) is 4.99 Å². The molecular weight excluding hydrogens is 220 g/mol. The molecule has 2 heterocycles.